The topological polar surface area (TPSA) is 91.6 Å². The van der Waals surface area contributed by atoms with Gasteiger partial charge in [-0.1, -0.05) is 18.6 Å². The van der Waals surface area contributed by atoms with Gasteiger partial charge in [0.1, 0.15) is 12.7 Å². The smallest absolute Gasteiger partial charge is 0.282 e. The highest BCUT2D eigenvalue weighted by Gasteiger charge is 2.33. The number of piperidine rings is 1. The summed E-state index contributed by atoms with van der Waals surface area (Å²) < 4.78 is 30.7. The number of aromatic nitrogens is 3. The second-order valence-electron chi connectivity index (χ2n) is 7.37. The second kappa shape index (κ2) is 8.60. The SMILES string of the molecule is O=C(c1ccccc1-n1cncn1)N1CCCN(S(=O)(=O)N2CCCCC2)CC1. The Kier molecular flexibility index (Phi) is 5.93. The molecule has 10 heteroatoms. The highest BCUT2D eigenvalue weighted by Crippen LogP contribution is 2.20. The monoisotopic (exact) mass is 418 g/mol. The Balaban J connectivity index is 1.49. The summed E-state index contributed by atoms with van der Waals surface area (Å²) in [5.74, 6) is -0.117. The first-order valence-electron chi connectivity index (χ1n) is 10.1. The van der Waals surface area contributed by atoms with Crippen LogP contribution in [0.3, 0.4) is 0 Å². The van der Waals surface area contributed by atoms with E-state index in [0.29, 0.717) is 56.9 Å². The van der Waals surface area contributed by atoms with Gasteiger partial charge in [-0.3, -0.25) is 4.79 Å². The largest absolute Gasteiger partial charge is 0.337 e. The number of para-hydroxylation sites is 1. The number of carbonyl (C=O) groups excluding carboxylic acids is 1. The lowest BCUT2D eigenvalue weighted by atomic mass is 10.1. The summed E-state index contributed by atoms with van der Waals surface area (Å²) in [5, 5.41) is 4.13. The minimum Gasteiger partial charge on any atom is -0.337 e. The van der Waals surface area contributed by atoms with E-state index in [0.717, 1.165) is 19.3 Å². The van der Waals surface area contributed by atoms with E-state index in [4.69, 9.17) is 0 Å². The van der Waals surface area contributed by atoms with Gasteiger partial charge in [-0.15, -0.1) is 0 Å². The molecule has 0 saturated carbocycles. The van der Waals surface area contributed by atoms with Gasteiger partial charge in [-0.05, 0) is 31.4 Å². The van der Waals surface area contributed by atoms with E-state index in [1.54, 1.807) is 26.3 Å². The molecule has 1 aromatic heterocycles. The van der Waals surface area contributed by atoms with Gasteiger partial charge in [0.05, 0.1) is 11.3 Å². The van der Waals surface area contributed by atoms with Crippen LogP contribution in [0.1, 0.15) is 36.0 Å². The van der Waals surface area contributed by atoms with Gasteiger partial charge in [0.25, 0.3) is 16.1 Å². The standard InChI is InChI=1S/C19H26N6O3S/c26-19(17-7-2-3-8-18(17)25-16-20-15-21-25)22-9-6-12-24(14-13-22)29(27,28)23-10-4-1-5-11-23/h2-3,7-8,15-16H,1,4-6,9-14H2. The molecule has 0 unspecified atom stereocenters. The van der Waals surface area contributed by atoms with Gasteiger partial charge >= 0.3 is 0 Å². The zero-order valence-corrected chi connectivity index (χ0v) is 17.2. The predicted molar refractivity (Wildman–Crippen MR) is 108 cm³/mol. The number of rotatable bonds is 4. The molecule has 4 rings (SSSR count). The Bertz CT molecular complexity index is 941. The lowest BCUT2D eigenvalue weighted by Gasteiger charge is -2.31. The minimum absolute atomic E-state index is 0.117. The predicted octanol–water partition coefficient (Wildman–Crippen LogP) is 1.15. The van der Waals surface area contributed by atoms with Crippen LogP contribution in [0.4, 0.5) is 0 Å². The first-order valence-corrected chi connectivity index (χ1v) is 11.5. The summed E-state index contributed by atoms with van der Waals surface area (Å²) in [7, 11) is -3.46. The Morgan fingerprint density at radius 3 is 2.34 bits per heavy atom. The lowest BCUT2D eigenvalue weighted by molar-refractivity contribution is 0.0764. The summed E-state index contributed by atoms with van der Waals surface area (Å²) in [6.45, 7) is 2.83. The van der Waals surface area contributed by atoms with Crippen molar-refractivity contribution in [2.24, 2.45) is 0 Å². The number of carbonyl (C=O) groups is 1. The lowest BCUT2D eigenvalue weighted by Crippen LogP contribution is -2.47. The van der Waals surface area contributed by atoms with Crippen molar-refractivity contribution in [1.29, 1.82) is 0 Å². The summed E-state index contributed by atoms with van der Waals surface area (Å²) in [5.41, 5.74) is 1.20. The molecule has 0 atom stereocenters. The van der Waals surface area contributed by atoms with Crippen molar-refractivity contribution in [3.05, 3.63) is 42.5 Å². The first kappa shape index (κ1) is 20.0. The van der Waals surface area contributed by atoms with Crippen LogP contribution in [0, 0.1) is 0 Å². The van der Waals surface area contributed by atoms with Crippen molar-refractivity contribution in [3.63, 3.8) is 0 Å². The molecule has 2 aromatic rings. The Labute approximate surface area is 171 Å². The van der Waals surface area contributed by atoms with Gasteiger partial charge in [0.2, 0.25) is 0 Å². The third kappa shape index (κ3) is 4.19. The van der Waals surface area contributed by atoms with E-state index in [-0.39, 0.29) is 5.91 Å². The fraction of sp³-hybridized carbons (Fsp3) is 0.526. The van der Waals surface area contributed by atoms with Crippen molar-refractivity contribution in [1.82, 2.24) is 28.3 Å². The normalized spacial score (nSPS) is 19.8. The Hall–Kier alpha value is -2.30. The number of amides is 1. The molecular formula is C19H26N6O3S. The highest BCUT2D eigenvalue weighted by molar-refractivity contribution is 7.86. The number of hydrogen-bond donors (Lipinski definition) is 0. The first-order chi connectivity index (χ1) is 14.1. The fourth-order valence-corrected chi connectivity index (χ4v) is 5.66. The molecular weight excluding hydrogens is 392 g/mol. The average molecular weight is 419 g/mol. The van der Waals surface area contributed by atoms with Gasteiger partial charge < -0.3 is 4.90 Å². The van der Waals surface area contributed by atoms with E-state index in [1.807, 2.05) is 18.2 Å². The van der Waals surface area contributed by atoms with E-state index in [1.165, 1.54) is 10.6 Å². The minimum atomic E-state index is -3.46. The highest BCUT2D eigenvalue weighted by atomic mass is 32.2. The van der Waals surface area contributed by atoms with Crippen LogP contribution >= 0.6 is 0 Å². The van der Waals surface area contributed by atoms with Crippen molar-refractivity contribution in [3.8, 4) is 5.69 Å². The molecule has 0 bridgehead atoms. The molecule has 2 fully saturated rings. The molecule has 3 heterocycles. The molecule has 0 aliphatic carbocycles. The molecule has 2 saturated heterocycles. The van der Waals surface area contributed by atoms with Crippen LogP contribution in [0.25, 0.3) is 5.69 Å². The maximum Gasteiger partial charge on any atom is 0.282 e. The van der Waals surface area contributed by atoms with E-state index < -0.39 is 10.2 Å². The van der Waals surface area contributed by atoms with Crippen molar-refractivity contribution in [2.75, 3.05) is 39.3 Å². The third-order valence-electron chi connectivity index (χ3n) is 5.51. The summed E-state index contributed by atoms with van der Waals surface area (Å²) in [4.78, 5) is 18.9. The van der Waals surface area contributed by atoms with Crippen LogP contribution in [-0.2, 0) is 10.2 Å². The van der Waals surface area contributed by atoms with Gasteiger partial charge in [0.15, 0.2) is 0 Å². The van der Waals surface area contributed by atoms with Gasteiger partial charge in [-0.25, -0.2) is 9.67 Å². The van der Waals surface area contributed by atoms with E-state index in [2.05, 4.69) is 10.1 Å². The molecule has 9 nitrogen and oxygen atoms in total. The van der Waals surface area contributed by atoms with E-state index in [9.17, 15) is 13.2 Å². The Morgan fingerprint density at radius 1 is 0.862 bits per heavy atom. The van der Waals surface area contributed by atoms with Crippen molar-refractivity contribution < 1.29 is 13.2 Å². The second-order valence-corrected chi connectivity index (χ2v) is 9.30. The molecule has 0 N–H and O–H groups in total. The number of benzene rings is 1. The third-order valence-corrected chi connectivity index (χ3v) is 7.55. The number of hydrogen-bond acceptors (Lipinski definition) is 5. The molecule has 29 heavy (non-hydrogen) atoms. The van der Waals surface area contributed by atoms with Crippen molar-refractivity contribution in [2.45, 2.75) is 25.7 Å². The summed E-state index contributed by atoms with van der Waals surface area (Å²) >= 11 is 0. The molecule has 0 spiro atoms. The molecule has 2 aliphatic rings. The van der Waals surface area contributed by atoms with Crippen LogP contribution in [0.5, 0.6) is 0 Å². The van der Waals surface area contributed by atoms with Crippen LogP contribution in [0.15, 0.2) is 36.9 Å². The van der Waals surface area contributed by atoms with Crippen LogP contribution < -0.4 is 0 Å². The van der Waals surface area contributed by atoms with Crippen LogP contribution in [-0.4, -0.2) is 81.9 Å². The maximum atomic E-state index is 13.2. The molecule has 2 aliphatic heterocycles. The summed E-state index contributed by atoms with van der Waals surface area (Å²) in [6, 6.07) is 7.26. The van der Waals surface area contributed by atoms with Gasteiger partial charge in [0, 0.05) is 39.3 Å². The molecule has 156 valence electrons. The fourth-order valence-electron chi connectivity index (χ4n) is 3.94. The maximum absolute atomic E-state index is 13.2. The Morgan fingerprint density at radius 2 is 1.59 bits per heavy atom. The molecule has 1 amide bonds. The molecule has 0 radical (unpaired) electrons. The quantitative estimate of drug-likeness (QED) is 0.743. The summed E-state index contributed by atoms with van der Waals surface area (Å²) in [6.07, 6.45) is 6.51. The van der Waals surface area contributed by atoms with Gasteiger partial charge in [-0.2, -0.15) is 22.1 Å². The van der Waals surface area contributed by atoms with Crippen molar-refractivity contribution >= 4 is 16.1 Å². The number of nitrogens with zero attached hydrogens (tertiary/aromatic N) is 6. The zero-order valence-electron chi connectivity index (χ0n) is 16.4. The van der Waals surface area contributed by atoms with E-state index >= 15 is 0 Å². The van der Waals surface area contributed by atoms with Crippen LogP contribution in [0.2, 0.25) is 0 Å². The average Bonchev–Trinajstić information content (AvgIpc) is 3.17. The molecule has 1 aromatic carbocycles. The zero-order chi connectivity index (χ0) is 20.3.